The molecular weight excluding hydrogens is 446 g/mol. The molecule has 0 spiro atoms. The molecule has 33 heavy (non-hydrogen) atoms. The molecule has 4 heterocycles. The van der Waals surface area contributed by atoms with Gasteiger partial charge in [-0.3, -0.25) is 0 Å². The van der Waals surface area contributed by atoms with Gasteiger partial charge in [-0.25, -0.2) is 9.97 Å². The smallest absolute Gasteiger partial charge is 0.308 e. The van der Waals surface area contributed by atoms with Gasteiger partial charge >= 0.3 is 12.4 Å². The normalized spacial score (nSPS) is 12.8. The number of alkyl halides is 6. The van der Waals surface area contributed by atoms with Gasteiger partial charge < -0.3 is 9.13 Å². The highest BCUT2D eigenvalue weighted by atomic mass is 19.4. The minimum atomic E-state index is -4.46. The van der Waals surface area contributed by atoms with E-state index in [0.717, 1.165) is 24.5 Å². The molecule has 4 aromatic rings. The minimum Gasteiger partial charge on any atom is -0.308 e. The van der Waals surface area contributed by atoms with Crippen LogP contribution in [0.5, 0.6) is 0 Å². The predicted octanol–water partition coefficient (Wildman–Crippen LogP) is 6.42. The molecule has 0 amide bonds. The van der Waals surface area contributed by atoms with Crippen LogP contribution in [0.15, 0.2) is 73.3 Å². The lowest BCUT2D eigenvalue weighted by atomic mass is 9.84. The van der Waals surface area contributed by atoms with Crippen LogP contribution in [0.3, 0.4) is 0 Å². The van der Waals surface area contributed by atoms with E-state index in [4.69, 9.17) is 0 Å². The average Bonchev–Trinajstić information content (AvgIpc) is 3.44. The van der Waals surface area contributed by atoms with Gasteiger partial charge in [0.1, 0.15) is 11.6 Å². The van der Waals surface area contributed by atoms with Crippen LogP contribution in [0.25, 0.3) is 11.6 Å². The molecule has 0 fully saturated rings. The van der Waals surface area contributed by atoms with Gasteiger partial charge in [0.25, 0.3) is 0 Å². The quantitative estimate of drug-likeness (QED) is 0.327. The van der Waals surface area contributed by atoms with Crippen molar-refractivity contribution in [2.45, 2.75) is 31.6 Å². The largest absolute Gasteiger partial charge is 0.417 e. The number of pyridine rings is 2. The maximum Gasteiger partial charge on any atom is 0.417 e. The Kier molecular flexibility index (Phi) is 5.34. The first-order valence-corrected chi connectivity index (χ1v) is 9.82. The van der Waals surface area contributed by atoms with E-state index in [-0.39, 0.29) is 0 Å². The van der Waals surface area contributed by atoms with Crippen LogP contribution in [-0.4, -0.2) is 19.1 Å². The summed E-state index contributed by atoms with van der Waals surface area (Å²) in [5, 5.41) is 0. The van der Waals surface area contributed by atoms with Crippen molar-refractivity contribution in [1.29, 1.82) is 0 Å². The number of rotatable bonds is 4. The van der Waals surface area contributed by atoms with Crippen LogP contribution in [0.1, 0.15) is 36.4 Å². The molecule has 10 heteroatoms. The lowest BCUT2D eigenvalue weighted by Gasteiger charge is -2.24. The fourth-order valence-corrected chi connectivity index (χ4v) is 3.37. The SMILES string of the molecule is CC(C)(c1cccc(-n2ccc(C(F)(F)F)c2)n1)c1cccc(-n2ccc(C(F)(F)F)c2)n1. The van der Waals surface area contributed by atoms with Crippen LogP contribution in [0.4, 0.5) is 26.3 Å². The summed E-state index contributed by atoms with van der Waals surface area (Å²) in [4.78, 5) is 9.05. The van der Waals surface area contributed by atoms with Gasteiger partial charge in [-0.15, -0.1) is 0 Å². The standard InChI is InChI=1S/C23H18F6N4/c1-21(2,17-5-3-7-19(30-17)32-11-9-15(13-32)22(24,25)26)18-6-4-8-20(31-18)33-12-10-16(14-33)23(27,28)29/h3-14H,1-2H3. The predicted molar refractivity (Wildman–Crippen MR) is 109 cm³/mol. The maximum atomic E-state index is 12.9. The summed E-state index contributed by atoms with van der Waals surface area (Å²) < 4.78 is 80.2. The first kappa shape index (κ1) is 22.6. The molecule has 0 atom stereocenters. The molecular formula is C23H18F6N4. The Balaban J connectivity index is 1.68. The average molecular weight is 464 g/mol. The number of hydrogen-bond acceptors (Lipinski definition) is 2. The Bertz CT molecular complexity index is 1180. The summed E-state index contributed by atoms with van der Waals surface area (Å²) in [6.45, 7) is 3.66. The Hall–Kier alpha value is -3.56. The molecule has 0 aromatic carbocycles. The highest BCUT2D eigenvalue weighted by Crippen LogP contribution is 2.33. The van der Waals surface area contributed by atoms with E-state index in [2.05, 4.69) is 9.97 Å². The van der Waals surface area contributed by atoms with E-state index in [1.165, 1.54) is 21.5 Å². The van der Waals surface area contributed by atoms with Crippen molar-refractivity contribution in [2.24, 2.45) is 0 Å². The summed E-state index contributed by atoms with van der Waals surface area (Å²) in [5.74, 6) is 0.597. The molecule has 0 N–H and O–H groups in total. The molecule has 0 radical (unpaired) electrons. The van der Waals surface area contributed by atoms with Crippen LogP contribution in [-0.2, 0) is 17.8 Å². The molecule has 0 saturated heterocycles. The van der Waals surface area contributed by atoms with Gasteiger partial charge in [-0.1, -0.05) is 12.1 Å². The van der Waals surface area contributed by atoms with E-state index in [0.29, 0.717) is 23.0 Å². The molecule has 0 saturated carbocycles. The van der Waals surface area contributed by atoms with E-state index < -0.39 is 28.9 Å². The fourth-order valence-electron chi connectivity index (χ4n) is 3.37. The molecule has 4 aromatic heterocycles. The van der Waals surface area contributed by atoms with Crippen molar-refractivity contribution >= 4 is 0 Å². The summed E-state index contributed by atoms with van der Waals surface area (Å²) >= 11 is 0. The van der Waals surface area contributed by atoms with Crippen molar-refractivity contribution < 1.29 is 26.3 Å². The number of aromatic nitrogens is 4. The molecule has 0 aliphatic rings. The van der Waals surface area contributed by atoms with Gasteiger partial charge in [-0.2, -0.15) is 26.3 Å². The Morgan fingerprint density at radius 1 is 0.606 bits per heavy atom. The first-order valence-electron chi connectivity index (χ1n) is 9.82. The highest BCUT2D eigenvalue weighted by molar-refractivity contribution is 5.37. The number of hydrogen-bond donors (Lipinski definition) is 0. The number of nitrogens with zero attached hydrogens (tertiary/aromatic N) is 4. The lowest BCUT2D eigenvalue weighted by Crippen LogP contribution is -2.23. The third-order valence-corrected chi connectivity index (χ3v) is 5.32. The Labute approximate surface area is 185 Å². The third kappa shape index (κ3) is 4.50. The third-order valence-electron chi connectivity index (χ3n) is 5.32. The van der Waals surface area contributed by atoms with E-state index in [1.807, 2.05) is 13.8 Å². The van der Waals surface area contributed by atoms with Crippen LogP contribution in [0, 0.1) is 0 Å². The van der Waals surface area contributed by atoms with E-state index in [9.17, 15) is 26.3 Å². The van der Waals surface area contributed by atoms with E-state index >= 15 is 0 Å². The number of halogens is 6. The molecule has 0 bridgehead atoms. The van der Waals surface area contributed by atoms with Gasteiger partial charge in [0.05, 0.1) is 22.5 Å². The van der Waals surface area contributed by atoms with Gasteiger partial charge in [0, 0.05) is 30.2 Å². The van der Waals surface area contributed by atoms with Crippen molar-refractivity contribution in [3.05, 3.63) is 95.8 Å². The second kappa shape index (κ2) is 7.79. The molecule has 4 rings (SSSR count). The van der Waals surface area contributed by atoms with Gasteiger partial charge in [0.15, 0.2) is 0 Å². The Morgan fingerprint density at radius 3 is 1.33 bits per heavy atom. The Morgan fingerprint density at radius 2 is 1.00 bits per heavy atom. The monoisotopic (exact) mass is 464 g/mol. The fraction of sp³-hybridized carbons (Fsp3) is 0.217. The van der Waals surface area contributed by atoms with E-state index in [1.54, 1.807) is 36.4 Å². The summed E-state index contributed by atoms with van der Waals surface area (Å²) in [6, 6.07) is 11.9. The molecule has 4 nitrogen and oxygen atoms in total. The van der Waals surface area contributed by atoms with Crippen molar-refractivity contribution in [1.82, 2.24) is 19.1 Å². The van der Waals surface area contributed by atoms with Crippen molar-refractivity contribution in [3.63, 3.8) is 0 Å². The van der Waals surface area contributed by atoms with Gasteiger partial charge in [-0.05, 0) is 50.2 Å². The second-order valence-corrected chi connectivity index (χ2v) is 8.00. The maximum absolute atomic E-state index is 12.9. The van der Waals surface area contributed by atoms with Crippen LogP contribution >= 0.6 is 0 Å². The van der Waals surface area contributed by atoms with Crippen molar-refractivity contribution in [3.8, 4) is 11.6 Å². The zero-order chi connectivity index (χ0) is 24.0. The molecule has 172 valence electrons. The molecule has 0 unspecified atom stereocenters. The zero-order valence-electron chi connectivity index (χ0n) is 17.5. The summed E-state index contributed by atoms with van der Waals surface area (Å²) in [5.41, 5.74) is -1.28. The minimum absolute atomic E-state index is 0.299. The molecule has 0 aliphatic carbocycles. The van der Waals surface area contributed by atoms with Crippen LogP contribution in [0.2, 0.25) is 0 Å². The lowest BCUT2D eigenvalue weighted by molar-refractivity contribution is -0.138. The topological polar surface area (TPSA) is 35.6 Å². The van der Waals surface area contributed by atoms with Gasteiger partial charge in [0.2, 0.25) is 0 Å². The zero-order valence-corrected chi connectivity index (χ0v) is 17.5. The summed E-state index contributed by atoms with van der Waals surface area (Å²) in [6.07, 6.45) is -4.44. The second-order valence-electron chi connectivity index (χ2n) is 8.00. The molecule has 0 aliphatic heterocycles. The highest BCUT2D eigenvalue weighted by Gasteiger charge is 2.33. The first-order chi connectivity index (χ1) is 15.4. The van der Waals surface area contributed by atoms with Crippen molar-refractivity contribution in [2.75, 3.05) is 0 Å². The van der Waals surface area contributed by atoms with Crippen LogP contribution < -0.4 is 0 Å². The summed E-state index contributed by atoms with van der Waals surface area (Å²) in [7, 11) is 0.